The first-order valence-corrected chi connectivity index (χ1v) is 7.41. The van der Waals surface area contributed by atoms with Crippen LogP contribution in [0.2, 0.25) is 0 Å². The van der Waals surface area contributed by atoms with Crippen LogP contribution in [0.3, 0.4) is 0 Å². The van der Waals surface area contributed by atoms with Crippen molar-refractivity contribution in [3.05, 3.63) is 23.8 Å². The molecule has 2 rings (SSSR count). The van der Waals surface area contributed by atoms with E-state index in [1.807, 2.05) is 11.8 Å². The Hall–Kier alpha value is -1.75. The number of hydrogen-bond acceptors (Lipinski definition) is 4. The maximum atomic E-state index is 12.8. The molecule has 1 aromatic carbocycles. The topological polar surface area (TPSA) is 64.8 Å². The second-order valence-corrected chi connectivity index (χ2v) is 5.44. The number of methoxy groups -OCH3 is 1. The van der Waals surface area contributed by atoms with Crippen molar-refractivity contribution in [2.75, 3.05) is 32.5 Å². The number of hydrogen-bond donors (Lipinski definition) is 1. The summed E-state index contributed by atoms with van der Waals surface area (Å²) >= 11 is 0. The zero-order chi connectivity index (χ0) is 15.4. The van der Waals surface area contributed by atoms with E-state index in [0.29, 0.717) is 36.1 Å². The third kappa shape index (κ3) is 3.29. The fourth-order valence-corrected chi connectivity index (χ4v) is 2.74. The first kappa shape index (κ1) is 15.6. The Labute approximate surface area is 126 Å². The summed E-state index contributed by atoms with van der Waals surface area (Å²) in [7, 11) is 1.69. The van der Waals surface area contributed by atoms with Crippen LogP contribution in [0.1, 0.15) is 30.6 Å². The molecule has 21 heavy (non-hydrogen) atoms. The van der Waals surface area contributed by atoms with Crippen molar-refractivity contribution in [3.63, 3.8) is 0 Å². The molecule has 1 amide bonds. The normalized spacial score (nSPS) is 22.1. The summed E-state index contributed by atoms with van der Waals surface area (Å²) < 4.78 is 11.0. The number of benzene rings is 1. The van der Waals surface area contributed by atoms with E-state index >= 15 is 0 Å². The predicted octanol–water partition coefficient (Wildman–Crippen LogP) is 2.16. The zero-order valence-corrected chi connectivity index (χ0v) is 13.0. The van der Waals surface area contributed by atoms with E-state index in [1.54, 1.807) is 25.3 Å². The predicted molar refractivity (Wildman–Crippen MR) is 82.5 cm³/mol. The molecule has 1 aromatic rings. The van der Waals surface area contributed by atoms with Gasteiger partial charge in [0.15, 0.2) is 0 Å². The molecule has 2 N–H and O–H groups in total. The molecule has 0 saturated carbocycles. The van der Waals surface area contributed by atoms with Gasteiger partial charge in [0, 0.05) is 25.9 Å². The number of ether oxygens (including phenoxy) is 2. The van der Waals surface area contributed by atoms with Gasteiger partial charge in [-0.25, -0.2) is 0 Å². The molecule has 1 fully saturated rings. The average molecular weight is 292 g/mol. The van der Waals surface area contributed by atoms with Gasteiger partial charge < -0.3 is 20.1 Å². The van der Waals surface area contributed by atoms with Crippen LogP contribution in [0.5, 0.6) is 5.75 Å². The lowest BCUT2D eigenvalue weighted by molar-refractivity contribution is -0.00164. The molecular weight excluding hydrogens is 268 g/mol. The van der Waals surface area contributed by atoms with E-state index in [1.165, 1.54) is 0 Å². The highest BCUT2D eigenvalue weighted by molar-refractivity contribution is 6.02. The smallest absolute Gasteiger partial charge is 0.259 e. The van der Waals surface area contributed by atoms with E-state index in [-0.39, 0.29) is 12.0 Å². The van der Waals surface area contributed by atoms with Crippen LogP contribution in [0.15, 0.2) is 18.2 Å². The SMILES string of the molecule is CCOc1cccc(N)c1C(=O)N1CCC(C)C(OC)C1. The molecular formula is C16H24N2O3. The van der Waals surface area contributed by atoms with Crippen LogP contribution in [-0.2, 0) is 4.74 Å². The molecule has 0 spiro atoms. The van der Waals surface area contributed by atoms with Gasteiger partial charge in [0.25, 0.3) is 5.91 Å². The van der Waals surface area contributed by atoms with Crippen molar-refractivity contribution >= 4 is 11.6 Å². The maximum absolute atomic E-state index is 12.8. The molecule has 1 heterocycles. The Morgan fingerprint density at radius 3 is 2.90 bits per heavy atom. The largest absolute Gasteiger partial charge is 0.493 e. The quantitative estimate of drug-likeness (QED) is 0.864. The van der Waals surface area contributed by atoms with E-state index in [2.05, 4.69) is 6.92 Å². The average Bonchev–Trinajstić information content (AvgIpc) is 2.47. The van der Waals surface area contributed by atoms with Gasteiger partial charge in [0.1, 0.15) is 11.3 Å². The fourth-order valence-electron chi connectivity index (χ4n) is 2.74. The molecule has 0 bridgehead atoms. The number of nitrogens with zero attached hydrogens (tertiary/aromatic N) is 1. The van der Waals surface area contributed by atoms with Crippen LogP contribution in [0.25, 0.3) is 0 Å². The molecule has 0 radical (unpaired) electrons. The Kier molecular flexibility index (Phi) is 5.07. The molecule has 0 aromatic heterocycles. The summed E-state index contributed by atoms with van der Waals surface area (Å²) in [5.41, 5.74) is 6.91. The van der Waals surface area contributed by atoms with Crippen molar-refractivity contribution in [3.8, 4) is 5.75 Å². The minimum atomic E-state index is -0.0782. The third-order valence-electron chi connectivity index (χ3n) is 4.05. The first-order chi connectivity index (χ1) is 10.1. The van der Waals surface area contributed by atoms with Gasteiger partial charge in [-0.05, 0) is 31.4 Å². The minimum Gasteiger partial charge on any atom is -0.493 e. The van der Waals surface area contributed by atoms with E-state index in [9.17, 15) is 4.79 Å². The highest BCUT2D eigenvalue weighted by Crippen LogP contribution is 2.28. The van der Waals surface area contributed by atoms with Gasteiger partial charge in [-0.3, -0.25) is 4.79 Å². The van der Waals surface area contributed by atoms with Crippen molar-refractivity contribution in [2.45, 2.75) is 26.4 Å². The Bertz CT molecular complexity index is 504. The van der Waals surface area contributed by atoms with Gasteiger partial charge in [-0.15, -0.1) is 0 Å². The van der Waals surface area contributed by atoms with Gasteiger partial charge in [-0.2, -0.15) is 0 Å². The van der Waals surface area contributed by atoms with Gasteiger partial charge in [0.05, 0.1) is 12.7 Å². The Balaban J connectivity index is 2.24. The minimum absolute atomic E-state index is 0.0724. The maximum Gasteiger partial charge on any atom is 0.259 e. The van der Waals surface area contributed by atoms with Crippen molar-refractivity contribution in [2.24, 2.45) is 5.92 Å². The van der Waals surface area contributed by atoms with E-state index in [4.69, 9.17) is 15.2 Å². The van der Waals surface area contributed by atoms with Crippen molar-refractivity contribution in [1.29, 1.82) is 0 Å². The highest BCUT2D eigenvalue weighted by Gasteiger charge is 2.31. The Morgan fingerprint density at radius 1 is 1.48 bits per heavy atom. The fraction of sp³-hybridized carbons (Fsp3) is 0.562. The number of anilines is 1. The molecule has 116 valence electrons. The summed E-state index contributed by atoms with van der Waals surface area (Å²) in [6.45, 7) is 5.86. The van der Waals surface area contributed by atoms with Crippen LogP contribution < -0.4 is 10.5 Å². The second-order valence-electron chi connectivity index (χ2n) is 5.44. The van der Waals surface area contributed by atoms with Crippen LogP contribution in [-0.4, -0.2) is 43.7 Å². The number of nitrogen functional groups attached to an aromatic ring is 1. The number of nitrogens with two attached hydrogens (primary N) is 1. The monoisotopic (exact) mass is 292 g/mol. The number of amides is 1. The summed E-state index contributed by atoms with van der Waals surface area (Å²) in [6, 6.07) is 5.32. The molecule has 1 aliphatic rings. The van der Waals surface area contributed by atoms with Crippen LogP contribution in [0.4, 0.5) is 5.69 Å². The lowest BCUT2D eigenvalue weighted by Crippen LogP contribution is -2.46. The van der Waals surface area contributed by atoms with Crippen molar-refractivity contribution in [1.82, 2.24) is 4.90 Å². The van der Waals surface area contributed by atoms with Gasteiger partial charge in [0.2, 0.25) is 0 Å². The standard InChI is InChI=1S/C16H24N2O3/c1-4-21-13-7-5-6-12(17)15(13)16(19)18-9-8-11(2)14(10-18)20-3/h5-7,11,14H,4,8-10,17H2,1-3H3. The second kappa shape index (κ2) is 6.80. The molecule has 5 nitrogen and oxygen atoms in total. The Morgan fingerprint density at radius 2 is 2.24 bits per heavy atom. The molecule has 1 aliphatic heterocycles. The van der Waals surface area contributed by atoms with E-state index in [0.717, 1.165) is 13.0 Å². The number of carbonyl (C=O) groups is 1. The third-order valence-corrected chi connectivity index (χ3v) is 4.05. The lowest BCUT2D eigenvalue weighted by atomic mass is 9.95. The number of piperidine rings is 1. The molecule has 2 atom stereocenters. The van der Waals surface area contributed by atoms with E-state index < -0.39 is 0 Å². The summed E-state index contributed by atoms with van der Waals surface area (Å²) in [6.07, 6.45) is 1.00. The van der Waals surface area contributed by atoms with Crippen LogP contribution >= 0.6 is 0 Å². The zero-order valence-electron chi connectivity index (χ0n) is 13.0. The number of likely N-dealkylation sites (tertiary alicyclic amines) is 1. The highest BCUT2D eigenvalue weighted by atomic mass is 16.5. The summed E-state index contributed by atoms with van der Waals surface area (Å²) in [4.78, 5) is 14.6. The number of carbonyl (C=O) groups excluding carboxylic acids is 1. The van der Waals surface area contributed by atoms with Crippen LogP contribution in [0, 0.1) is 5.92 Å². The summed E-state index contributed by atoms with van der Waals surface area (Å²) in [5.74, 6) is 0.930. The molecule has 2 unspecified atom stereocenters. The van der Waals surface area contributed by atoms with Gasteiger partial charge in [-0.1, -0.05) is 13.0 Å². The first-order valence-electron chi connectivity index (χ1n) is 7.41. The molecule has 5 heteroatoms. The summed E-state index contributed by atoms with van der Waals surface area (Å²) in [5, 5.41) is 0. The molecule has 1 saturated heterocycles. The number of rotatable bonds is 4. The molecule has 0 aliphatic carbocycles. The van der Waals surface area contributed by atoms with Crippen molar-refractivity contribution < 1.29 is 14.3 Å². The van der Waals surface area contributed by atoms with Gasteiger partial charge >= 0.3 is 0 Å². The lowest BCUT2D eigenvalue weighted by Gasteiger charge is -2.36.